The molecule has 0 aliphatic carbocycles. The summed E-state index contributed by atoms with van der Waals surface area (Å²) in [6, 6.07) is 0. The molecule has 2 atom stereocenters. The van der Waals surface area contributed by atoms with Gasteiger partial charge in [0.05, 0.1) is 6.67 Å². The smallest absolute Gasteiger partial charge is 0.139 e. The van der Waals surface area contributed by atoms with Crippen LogP contribution < -0.4 is 0 Å². The second-order valence-electron chi connectivity index (χ2n) is 3.33. The Labute approximate surface area is 72.2 Å². The number of halogens is 3. The molecule has 74 valence electrons. The minimum absolute atomic E-state index is 0.0231. The Balaban J connectivity index is 3.81. The van der Waals surface area contributed by atoms with E-state index in [0.29, 0.717) is 6.42 Å². The molecule has 0 N–H and O–H groups in total. The average molecular weight is 182 g/mol. The van der Waals surface area contributed by atoms with E-state index in [4.69, 9.17) is 0 Å². The van der Waals surface area contributed by atoms with E-state index in [1.807, 2.05) is 0 Å². The summed E-state index contributed by atoms with van der Waals surface area (Å²) in [7, 11) is 0. The van der Waals surface area contributed by atoms with Crippen molar-refractivity contribution < 1.29 is 13.2 Å². The quantitative estimate of drug-likeness (QED) is 0.588. The summed E-state index contributed by atoms with van der Waals surface area (Å²) in [5.41, 5.74) is -1.85. The maximum atomic E-state index is 13.3. The fourth-order valence-electron chi connectivity index (χ4n) is 1.12. The first-order valence-electron chi connectivity index (χ1n) is 4.43. The van der Waals surface area contributed by atoms with E-state index in [1.54, 1.807) is 6.92 Å². The molecule has 0 rings (SSSR count). The minimum atomic E-state index is -1.85. The van der Waals surface area contributed by atoms with Gasteiger partial charge in [0.25, 0.3) is 0 Å². The van der Waals surface area contributed by atoms with E-state index in [0.717, 1.165) is 0 Å². The van der Waals surface area contributed by atoms with Crippen LogP contribution >= 0.6 is 0 Å². The Hall–Kier alpha value is -0.210. The summed E-state index contributed by atoms with van der Waals surface area (Å²) < 4.78 is 38.0. The normalized spacial score (nSPS) is 18.8. The lowest BCUT2D eigenvalue weighted by molar-refractivity contribution is 0.0492. The molecule has 0 fully saturated rings. The predicted molar refractivity (Wildman–Crippen MR) is 44.5 cm³/mol. The topological polar surface area (TPSA) is 0 Å². The highest BCUT2D eigenvalue weighted by atomic mass is 19.2. The van der Waals surface area contributed by atoms with Gasteiger partial charge in [0.15, 0.2) is 0 Å². The molecule has 0 nitrogen and oxygen atoms in total. The number of hydrogen-bond acceptors (Lipinski definition) is 0. The maximum Gasteiger partial charge on any atom is 0.139 e. The summed E-state index contributed by atoms with van der Waals surface area (Å²) in [5, 5.41) is 0. The van der Waals surface area contributed by atoms with Crippen LogP contribution in [0.4, 0.5) is 13.2 Å². The summed E-state index contributed by atoms with van der Waals surface area (Å²) >= 11 is 0. The monoisotopic (exact) mass is 182 g/mol. The fraction of sp³-hybridized carbons (Fsp3) is 1.00. The van der Waals surface area contributed by atoms with Crippen LogP contribution in [-0.2, 0) is 0 Å². The van der Waals surface area contributed by atoms with Gasteiger partial charge in [-0.15, -0.1) is 0 Å². The Morgan fingerprint density at radius 1 is 1.42 bits per heavy atom. The van der Waals surface area contributed by atoms with Crippen molar-refractivity contribution in [2.75, 3.05) is 6.67 Å². The third kappa shape index (κ3) is 3.98. The molecular formula is C9H17F3. The molecule has 0 bridgehead atoms. The third-order valence-corrected chi connectivity index (χ3v) is 1.99. The van der Waals surface area contributed by atoms with Crippen LogP contribution in [0.1, 0.15) is 39.5 Å². The second kappa shape index (κ2) is 5.44. The number of rotatable bonds is 6. The molecule has 0 aliphatic rings. The van der Waals surface area contributed by atoms with Crippen molar-refractivity contribution in [1.82, 2.24) is 0 Å². The van der Waals surface area contributed by atoms with Crippen LogP contribution in [0.2, 0.25) is 0 Å². The molecule has 0 spiro atoms. The zero-order chi connectivity index (χ0) is 9.61. The van der Waals surface area contributed by atoms with Crippen molar-refractivity contribution in [3.05, 3.63) is 0 Å². The van der Waals surface area contributed by atoms with Crippen LogP contribution in [0.15, 0.2) is 0 Å². The molecule has 0 aliphatic heterocycles. The van der Waals surface area contributed by atoms with Crippen LogP contribution in [0.5, 0.6) is 0 Å². The second-order valence-corrected chi connectivity index (χ2v) is 3.33. The molecule has 0 heterocycles. The zero-order valence-corrected chi connectivity index (χ0v) is 7.75. The van der Waals surface area contributed by atoms with Crippen molar-refractivity contribution >= 4 is 0 Å². The Bertz CT molecular complexity index is 112. The average Bonchev–Trinajstić information content (AvgIpc) is 2.01. The van der Waals surface area contributed by atoms with Crippen LogP contribution in [0, 0.1) is 0 Å². The number of alkyl halides is 3. The highest BCUT2D eigenvalue weighted by Crippen LogP contribution is 2.27. The van der Waals surface area contributed by atoms with Gasteiger partial charge in [0.2, 0.25) is 0 Å². The summed E-state index contributed by atoms with van der Waals surface area (Å²) in [6.07, 6.45) is -0.522. The van der Waals surface area contributed by atoms with E-state index < -0.39 is 18.5 Å². The van der Waals surface area contributed by atoms with Gasteiger partial charge in [0, 0.05) is 0 Å². The van der Waals surface area contributed by atoms with Gasteiger partial charge in [-0.3, -0.25) is 4.39 Å². The molecule has 2 unspecified atom stereocenters. The largest absolute Gasteiger partial charge is 0.251 e. The van der Waals surface area contributed by atoms with E-state index in [2.05, 4.69) is 0 Å². The Morgan fingerprint density at radius 3 is 2.42 bits per heavy atom. The Kier molecular flexibility index (Phi) is 5.34. The van der Waals surface area contributed by atoms with Crippen LogP contribution in [0.25, 0.3) is 0 Å². The molecular weight excluding hydrogens is 165 g/mol. The van der Waals surface area contributed by atoms with Crippen LogP contribution in [0.3, 0.4) is 0 Å². The molecule has 3 heteroatoms. The first kappa shape index (κ1) is 11.8. The highest BCUT2D eigenvalue weighted by molar-refractivity contribution is 4.82. The van der Waals surface area contributed by atoms with E-state index in [-0.39, 0.29) is 19.3 Å². The lowest BCUT2D eigenvalue weighted by Gasteiger charge is -2.23. The van der Waals surface area contributed by atoms with Crippen molar-refractivity contribution in [3.63, 3.8) is 0 Å². The van der Waals surface area contributed by atoms with E-state index >= 15 is 0 Å². The summed E-state index contributed by atoms with van der Waals surface area (Å²) in [5.74, 6) is 0. The van der Waals surface area contributed by atoms with Gasteiger partial charge < -0.3 is 0 Å². The summed E-state index contributed by atoms with van der Waals surface area (Å²) in [4.78, 5) is 0. The first-order chi connectivity index (χ1) is 5.54. The molecule has 12 heavy (non-hydrogen) atoms. The van der Waals surface area contributed by atoms with Gasteiger partial charge in [-0.05, 0) is 26.2 Å². The lowest BCUT2D eigenvalue weighted by Crippen LogP contribution is -2.31. The molecule has 0 saturated carbocycles. The maximum absolute atomic E-state index is 13.3. The number of hydrogen-bond donors (Lipinski definition) is 0. The van der Waals surface area contributed by atoms with Crippen LogP contribution in [-0.4, -0.2) is 18.5 Å². The molecule has 0 aromatic carbocycles. The van der Waals surface area contributed by atoms with Crippen molar-refractivity contribution in [2.24, 2.45) is 0 Å². The van der Waals surface area contributed by atoms with Gasteiger partial charge in [-0.25, -0.2) is 8.78 Å². The van der Waals surface area contributed by atoms with Crippen molar-refractivity contribution in [3.8, 4) is 0 Å². The lowest BCUT2D eigenvalue weighted by atomic mass is 9.94. The van der Waals surface area contributed by atoms with E-state index in [1.165, 1.54) is 6.92 Å². The van der Waals surface area contributed by atoms with Gasteiger partial charge in [0.1, 0.15) is 11.8 Å². The Morgan fingerprint density at radius 2 is 2.00 bits per heavy atom. The predicted octanol–water partition coefficient (Wildman–Crippen LogP) is 3.60. The molecule has 0 aromatic heterocycles. The SMILES string of the molecule is CCCC(F)C(C)(F)CCCF. The molecule has 0 saturated heterocycles. The van der Waals surface area contributed by atoms with Gasteiger partial charge >= 0.3 is 0 Å². The summed E-state index contributed by atoms with van der Waals surface area (Å²) in [6.45, 7) is 2.44. The third-order valence-electron chi connectivity index (χ3n) is 1.99. The minimum Gasteiger partial charge on any atom is -0.251 e. The van der Waals surface area contributed by atoms with E-state index in [9.17, 15) is 13.2 Å². The standard InChI is InChI=1S/C9H17F3/c1-3-5-8(11)9(2,12)6-4-7-10/h8H,3-7H2,1-2H3. The highest BCUT2D eigenvalue weighted by Gasteiger charge is 2.32. The van der Waals surface area contributed by atoms with Gasteiger partial charge in [-0.2, -0.15) is 0 Å². The van der Waals surface area contributed by atoms with Crippen molar-refractivity contribution in [1.29, 1.82) is 0 Å². The molecule has 0 amide bonds. The molecule has 0 radical (unpaired) electrons. The first-order valence-corrected chi connectivity index (χ1v) is 4.43. The van der Waals surface area contributed by atoms with Gasteiger partial charge in [-0.1, -0.05) is 13.3 Å². The fourth-order valence-corrected chi connectivity index (χ4v) is 1.12. The zero-order valence-electron chi connectivity index (χ0n) is 7.75. The molecule has 0 aromatic rings. The van der Waals surface area contributed by atoms with Crippen molar-refractivity contribution in [2.45, 2.75) is 51.4 Å².